The monoisotopic (exact) mass is 448 g/mol. The Balaban J connectivity index is 1.52. The normalized spacial score (nSPS) is 22.7. The predicted molar refractivity (Wildman–Crippen MR) is 118 cm³/mol. The van der Waals surface area contributed by atoms with Crippen molar-refractivity contribution < 1.29 is 22.7 Å². The van der Waals surface area contributed by atoms with Gasteiger partial charge in [-0.1, -0.05) is 25.1 Å². The van der Waals surface area contributed by atoms with Gasteiger partial charge in [-0.3, -0.25) is 9.29 Å². The van der Waals surface area contributed by atoms with Gasteiger partial charge in [0.05, 0.1) is 19.0 Å². The number of likely N-dealkylation sites (tertiary alicyclic amines) is 1. The van der Waals surface area contributed by atoms with Crippen molar-refractivity contribution >= 4 is 10.0 Å². The highest BCUT2D eigenvalue weighted by Crippen LogP contribution is 2.42. The Labute approximate surface area is 183 Å². The van der Waals surface area contributed by atoms with Gasteiger partial charge in [-0.05, 0) is 46.9 Å². The van der Waals surface area contributed by atoms with Gasteiger partial charge < -0.3 is 9.84 Å². The summed E-state index contributed by atoms with van der Waals surface area (Å²) in [6, 6.07) is 12.2. The van der Waals surface area contributed by atoms with E-state index < -0.39 is 16.1 Å². The molecule has 2 aliphatic rings. The SMILES string of the molecule is C[C@H]1CN(S(C)(=O)=O)[C@@H](c2ccc(OCCN3CC(CF)C3)cc2)c2ccc(O)cc21. The molecular formula is C23H29FN2O4S. The van der Waals surface area contributed by atoms with Crippen LogP contribution in [0.15, 0.2) is 42.5 Å². The lowest BCUT2D eigenvalue weighted by atomic mass is 9.84. The summed E-state index contributed by atoms with van der Waals surface area (Å²) in [6.45, 7) is 4.93. The minimum Gasteiger partial charge on any atom is -0.508 e. The first-order valence-corrected chi connectivity index (χ1v) is 12.4. The Kier molecular flexibility index (Phi) is 6.23. The summed E-state index contributed by atoms with van der Waals surface area (Å²) in [5, 5.41) is 9.93. The highest BCUT2D eigenvalue weighted by Gasteiger charge is 2.37. The molecule has 31 heavy (non-hydrogen) atoms. The maximum atomic E-state index is 12.6. The standard InChI is InChI=1S/C23H29FN2O4S/c1-16-13-26(31(2,28)29)23(21-8-5-19(27)11-22(16)21)18-3-6-20(7-4-18)30-10-9-25-14-17(12-24)15-25/h3-8,11,16-17,23,27H,9-10,12-15H2,1-2H3/t16-,23-/m0/s1. The van der Waals surface area contributed by atoms with Crippen LogP contribution in [0.3, 0.4) is 0 Å². The summed E-state index contributed by atoms with van der Waals surface area (Å²) in [4.78, 5) is 2.16. The summed E-state index contributed by atoms with van der Waals surface area (Å²) < 4.78 is 45.0. The molecule has 6 nitrogen and oxygen atoms in total. The first-order chi connectivity index (χ1) is 14.8. The zero-order chi connectivity index (χ0) is 22.2. The van der Waals surface area contributed by atoms with E-state index in [0.29, 0.717) is 18.9 Å². The predicted octanol–water partition coefficient (Wildman–Crippen LogP) is 3.14. The molecule has 0 amide bonds. The number of ether oxygens (including phenoxy) is 1. The van der Waals surface area contributed by atoms with Crippen molar-refractivity contribution in [1.82, 2.24) is 9.21 Å². The number of halogens is 1. The van der Waals surface area contributed by atoms with E-state index in [1.54, 1.807) is 12.1 Å². The van der Waals surface area contributed by atoms with Gasteiger partial charge in [0.2, 0.25) is 10.0 Å². The number of hydrogen-bond donors (Lipinski definition) is 1. The molecule has 0 aromatic heterocycles. The summed E-state index contributed by atoms with van der Waals surface area (Å²) in [7, 11) is -3.44. The number of phenols is 1. The molecule has 0 aliphatic carbocycles. The smallest absolute Gasteiger partial charge is 0.212 e. The average Bonchev–Trinajstić information content (AvgIpc) is 2.70. The quantitative estimate of drug-likeness (QED) is 0.705. The van der Waals surface area contributed by atoms with E-state index in [0.717, 1.165) is 36.3 Å². The molecular weight excluding hydrogens is 419 g/mol. The van der Waals surface area contributed by atoms with E-state index in [2.05, 4.69) is 4.90 Å². The van der Waals surface area contributed by atoms with Crippen molar-refractivity contribution in [1.29, 1.82) is 0 Å². The fourth-order valence-electron chi connectivity index (χ4n) is 4.54. The number of hydrogen-bond acceptors (Lipinski definition) is 5. The van der Waals surface area contributed by atoms with Crippen LogP contribution in [0.5, 0.6) is 11.5 Å². The maximum absolute atomic E-state index is 12.6. The topological polar surface area (TPSA) is 70.1 Å². The Bertz CT molecular complexity index is 1020. The lowest BCUT2D eigenvalue weighted by Gasteiger charge is -2.39. The van der Waals surface area contributed by atoms with Crippen LogP contribution in [0.25, 0.3) is 0 Å². The number of alkyl halides is 1. The number of benzene rings is 2. The Morgan fingerprint density at radius 1 is 1.10 bits per heavy atom. The molecule has 2 heterocycles. The largest absolute Gasteiger partial charge is 0.508 e. The van der Waals surface area contributed by atoms with Crippen LogP contribution >= 0.6 is 0 Å². The number of phenolic OH excluding ortho intramolecular Hbond substituents is 1. The lowest BCUT2D eigenvalue weighted by Crippen LogP contribution is -2.49. The van der Waals surface area contributed by atoms with Crippen molar-refractivity contribution in [3.05, 3.63) is 59.2 Å². The van der Waals surface area contributed by atoms with Crippen LogP contribution in [0.2, 0.25) is 0 Å². The molecule has 0 bridgehead atoms. The first-order valence-electron chi connectivity index (χ1n) is 10.6. The van der Waals surface area contributed by atoms with Gasteiger partial charge in [0, 0.05) is 32.1 Å². The summed E-state index contributed by atoms with van der Waals surface area (Å²) in [5.41, 5.74) is 2.70. The fourth-order valence-corrected chi connectivity index (χ4v) is 5.65. The number of fused-ring (bicyclic) bond motifs is 1. The van der Waals surface area contributed by atoms with Crippen molar-refractivity contribution in [2.75, 3.05) is 45.7 Å². The fraction of sp³-hybridized carbons (Fsp3) is 0.478. The highest BCUT2D eigenvalue weighted by atomic mass is 32.2. The molecule has 2 aliphatic heterocycles. The van der Waals surface area contributed by atoms with Crippen LogP contribution in [0.1, 0.15) is 35.6 Å². The molecule has 8 heteroatoms. The molecule has 2 aromatic carbocycles. The zero-order valence-corrected chi connectivity index (χ0v) is 18.7. The Morgan fingerprint density at radius 2 is 1.81 bits per heavy atom. The molecule has 1 N–H and O–H groups in total. The number of rotatable bonds is 7. The Morgan fingerprint density at radius 3 is 2.45 bits per heavy atom. The highest BCUT2D eigenvalue weighted by molar-refractivity contribution is 7.88. The van der Waals surface area contributed by atoms with Gasteiger partial charge in [0.15, 0.2) is 0 Å². The average molecular weight is 449 g/mol. The molecule has 2 atom stereocenters. The van der Waals surface area contributed by atoms with Crippen molar-refractivity contribution in [3.63, 3.8) is 0 Å². The van der Waals surface area contributed by atoms with Gasteiger partial charge in [-0.15, -0.1) is 0 Å². The molecule has 0 spiro atoms. The molecule has 1 saturated heterocycles. The van der Waals surface area contributed by atoms with Crippen molar-refractivity contribution in [2.45, 2.75) is 18.9 Å². The van der Waals surface area contributed by atoms with E-state index in [1.807, 2.05) is 37.3 Å². The van der Waals surface area contributed by atoms with Gasteiger partial charge in [0.1, 0.15) is 18.1 Å². The van der Waals surface area contributed by atoms with E-state index in [-0.39, 0.29) is 24.3 Å². The third kappa shape index (κ3) is 4.71. The van der Waals surface area contributed by atoms with Crippen molar-refractivity contribution in [3.8, 4) is 11.5 Å². The summed E-state index contributed by atoms with van der Waals surface area (Å²) in [5.74, 6) is 1.04. The summed E-state index contributed by atoms with van der Waals surface area (Å²) in [6.07, 6.45) is 1.23. The second kappa shape index (κ2) is 8.76. The molecule has 0 unspecified atom stereocenters. The van der Waals surface area contributed by atoms with E-state index in [4.69, 9.17) is 4.74 Å². The molecule has 1 fully saturated rings. The molecule has 0 saturated carbocycles. The van der Waals surface area contributed by atoms with Crippen molar-refractivity contribution in [2.24, 2.45) is 5.92 Å². The third-order valence-electron chi connectivity index (χ3n) is 6.19. The first kappa shape index (κ1) is 22.0. The molecule has 4 rings (SSSR count). The second-order valence-electron chi connectivity index (χ2n) is 8.65. The third-order valence-corrected chi connectivity index (χ3v) is 7.40. The van der Waals surface area contributed by atoms with Gasteiger partial charge in [-0.25, -0.2) is 8.42 Å². The number of sulfonamides is 1. The second-order valence-corrected chi connectivity index (χ2v) is 10.6. The van der Waals surface area contributed by atoms with E-state index in [1.165, 1.54) is 10.6 Å². The van der Waals surface area contributed by atoms with Gasteiger partial charge in [0.25, 0.3) is 0 Å². The maximum Gasteiger partial charge on any atom is 0.212 e. The van der Waals surface area contributed by atoms with Crippen LogP contribution in [-0.4, -0.2) is 68.4 Å². The van der Waals surface area contributed by atoms with Crippen LogP contribution in [0, 0.1) is 5.92 Å². The number of nitrogens with zero attached hydrogens (tertiary/aromatic N) is 2. The Hall–Kier alpha value is -2.16. The van der Waals surface area contributed by atoms with Crippen LogP contribution in [0.4, 0.5) is 4.39 Å². The van der Waals surface area contributed by atoms with E-state index in [9.17, 15) is 17.9 Å². The molecule has 0 radical (unpaired) electrons. The zero-order valence-electron chi connectivity index (χ0n) is 17.9. The summed E-state index contributed by atoms with van der Waals surface area (Å²) >= 11 is 0. The van der Waals surface area contributed by atoms with Gasteiger partial charge >= 0.3 is 0 Å². The lowest BCUT2D eigenvalue weighted by molar-refractivity contribution is 0.0668. The number of aromatic hydroxyl groups is 1. The van der Waals surface area contributed by atoms with Gasteiger partial charge in [-0.2, -0.15) is 4.31 Å². The van der Waals surface area contributed by atoms with E-state index >= 15 is 0 Å². The van der Waals surface area contributed by atoms with Crippen LogP contribution in [-0.2, 0) is 10.0 Å². The van der Waals surface area contributed by atoms with Crippen LogP contribution < -0.4 is 4.74 Å². The molecule has 2 aromatic rings. The molecule has 168 valence electrons. The minimum atomic E-state index is -3.44. The minimum absolute atomic E-state index is 0.0193.